The molecule has 25 heavy (non-hydrogen) atoms. The van der Waals surface area contributed by atoms with Crippen LogP contribution in [-0.2, 0) is 14.3 Å². The summed E-state index contributed by atoms with van der Waals surface area (Å²) in [6.45, 7) is 1.95. The van der Waals surface area contributed by atoms with Gasteiger partial charge in [0.1, 0.15) is 11.6 Å². The van der Waals surface area contributed by atoms with Gasteiger partial charge in [0, 0.05) is 11.6 Å². The van der Waals surface area contributed by atoms with Crippen molar-refractivity contribution in [1.29, 1.82) is 0 Å². The lowest BCUT2D eigenvalue weighted by Gasteiger charge is -2.08. The van der Waals surface area contributed by atoms with Gasteiger partial charge in [-0.3, -0.25) is 0 Å². The third-order valence-electron chi connectivity index (χ3n) is 3.63. The van der Waals surface area contributed by atoms with Gasteiger partial charge in [0.05, 0.1) is 12.2 Å². The van der Waals surface area contributed by atoms with Crippen LogP contribution < -0.4 is 4.74 Å². The molecule has 2 aromatic rings. The predicted octanol–water partition coefficient (Wildman–Crippen LogP) is 3.77. The first kappa shape index (κ1) is 16.6. The first-order chi connectivity index (χ1) is 12.1. The van der Waals surface area contributed by atoms with Gasteiger partial charge in [-0.25, -0.2) is 14.0 Å². The van der Waals surface area contributed by atoms with E-state index in [0.29, 0.717) is 5.57 Å². The molecular formula is C20H15FO4. The summed E-state index contributed by atoms with van der Waals surface area (Å²) in [6.07, 6.45) is 2.94. The summed E-state index contributed by atoms with van der Waals surface area (Å²) < 4.78 is 23.2. The third-order valence-corrected chi connectivity index (χ3v) is 3.63. The number of benzene rings is 2. The molecule has 0 N–H and O–H groups in total. The Hall–Kier alpha value is -3.21. The minimum atomic E-state index is -0.627. The maximum Gasteiger partial charge on any atom is 0.344 e. The van der Waals surface area contributed by atoms with Gasteiger partial charge in [0.15, 0.2) is 0 Å². The maximum absolute atomic E-state index is 13.0. The van der Waals surface area contributed by atoms with Gasteiger partial charge in [0.2, 0.25) is 0 Å². The molecule has 0 aliphatic heterocycles. The second-order valence-electron chi connectivity index (χ2n) is 5.30. The van der Waals surface area contributed by atoms with Crippen LogP contribution in [0.4, 0.5) is 4.39 Å². The fraction of sp³-hybridized carbons (Fsp3) is 0.100. The Morgan fingerprint density at radius 3 is 2.52 bits per heavy atom. The summed E-state index contributed by atoms with van der Waals surface area (Å²) in [5.41, 5.74) is 2.26. The second-order valence-corrected chi connectivity index (χ2v) is 5.30. The van der Waals surface area contributed by atoms with E-state index >= 15 is 0 Å². The molecule has 0 saturated heterocycles. The van der Waals surface area contributed by atoms with Crippen molar-refractivity contribution < 1.29 is 23.5 Å². The molecule has 0 aromatic heterocycles. The monoisotopic (exact) mass is 338 g/mol. The molecule has 0 saturated carbocycles. The summed E-state index contributed by atoms with van der Waals surface area (Å²) in [5, 5.41) is 0. The highest BCUT2D eigenvalue weighted by molar-refractivity contribution is 6.18. The second kappa shape index (κ2) is 7.13. The Morgan fingerprint density at radius 2 is 1.80 bits per heavy atom. The average Bonchev–Trinajstić information content (AvgIpc) is 2.96. The third kappa shape index (κ3) is 3.66. The summed E-state index contributed by atoms with van der Waals surface area (Å²) in [4.78, 5) is 24.4. The van der Waals surface area contributed by atoms with Crippen LogP contribution in [0.1, 0.15) is 18.1 Å². The van der Waals surface area contributed by atoms with Crippen molar-refractivity contribution in [3.8, 4) is 5.75 Å². The number of carbonyl (C=O) groups excluding carboxylic acids is 2. The number of carbonyl (C=O) groups is 2. The van der Waals surface area contributed by atoms with Crippen molar-refractivity contribution in [2.24, 2.45) is 0 Å². The summed E-state index contributed by atoms with van der Waals surface area (Å²) in [5.74, 6) is -1.36. The van der Waals surface area contributed by atoms with E-state index < -0.39 is 17.8 Å². The lowest BCUT2D eigenvalue weighted by Crippen LogP contribution is -2.12. The molecule has 0 heterocycles. The van der Waals surface area contributed by atoms with Crippen LogP contribution in [-0.4, -0.2) is 18.5 Å². The highest BCUT2D eigenvalue weighted by atomic mass is 19.1. The predicted molar refractivity (Wildman–Crippen MR) is 91.1 cm³/mol. The number of hydrogen-bond donors (Lipinski definition) is 0. The topological polar surface area (TPSA) is 52.6 Å². The molecule has 0 radical (unpaired) electrons. The Kier molecular flexibility index (Phi) is 4.75. The molecule has 2 aromatic carbocycles. The van der Waals surface area contributed by atoms with Crippen molar-refractivity contribution in [3.05, 3.63) is 77.1 Å². The highest BCUT2D eigenvalue weighted by Gasteiger charge is 2.26. The van der Waals surface area contributed by atoms with Crippen LogP contribution in [0.5, 0.6) is 5.75 Å². The van der Waals surface area contributed by atoms with Crippen LogP contribution in [0.3, 0.4) is 0 Å². The van der Waals surface area contributed by atoms with Gasteiger partial charge in [-0.2, -0.15) is 0 Å². The van der Waals surface area contributed by atoms with Crippen LogP contribution >= 0.6 is 0 Å². The Balaban J connectivity index is 1.91. The minimum Gasteiger partial charge on any atom is -0.463 e. The molecule has 0 amide bonds. The van der Waals surface area contributed by atoms with Crippen molar-refractivity contribution in [2.45, 2.75) is 6.92 Å². The highest BCUT2D eigenvalue weighted by Crippen LogP contribution is 2.36. The maximum atomic E-state index is 13.0. The lowest BCUT2D eigenvalue weighted by molar-refractivity contribution is -0.137. The van der Waals surface area contributed by atoms with E-state index in [1.807, 2.05) is 24.3 Å². The zero-order chi connectivity index (χ0) is 17.8. The van der Waals surface area contributed by atoms with E-state index in [0.717, 1.165) is 11.1 Å². The van der Waals surface area contributed by atoms with Gasteiger partial charge >= 0.3 is 11.9 Å². The first-order valence-electron chi connectivity index (χ1n) is 7.76. The van der Waals surface area contributed by atoms with Crippen molar-refractivity contribution >= 4 is 23.6 Å². The molecule has 5 heteroatoms. The fourth-order valence-corrected chi connectivity index (χ4v) is 2.54. The number of hydrogen-bond acceptors (Lipinski definition) is 4. The lowest BCUT2D eigenvalue weighted by atomic mass is 10.0. The molecule has 0 atom stereocenters. The van der Waals surface area contributed by atoms with Gasteiger partial charge < -0.3 is 9.47 Å². The minimum absolute atomic E-state index is 0.221. The molecule has 1 aliphatic rings. The number of rotatable bonds is 4. The molecule has 4 nitrogen and oxygen atoms in total. The Labute approximate surface area is 144 Å². The zero-order valence-electron chi connectivity index (χ0n) is 13.5. The van der Waals surface area contributed by atoms with Crippen LogP contribution in [0.25, 0.3) is 11.6 Å². The average molecular weight is 338 g/mol. The standard InChI is InChI=1S/C20H15FO4/c1-2-24-19(22)12-17-16-6-4-3-5-13(16)11-18(17)20(23)25-15-9-7-14(21)8-10-15/h3-12H,2H2,1H3/b17-12+. The summed E-state index contributed by atoms with van der Waals surface area (Å²) in [6, 6.07) is 12.5. The summed E-state index contributed by atoms with van der Waals surface area (Å²) in [7, 11) is 0. The number of esters is 2. The molecule has 0 spiro atoms. The van der Waals surface area contributed by atoms with Gasteiger partial charge in [-0.1, -0.05) is 24.3 Å². The van der Waals surface area contributed by atoms with E-state index in [9.17, 15) is 14.0 Å². The van der Waals surface area contributed by atoms with Crippen LogP contribution in [0.2, 0.25) is 0 Å². The number of ether oxygens (including phenoxy) is 2. The molecule has 1 aliphatic carbocycles. The summed E-state index contributed by atoms with van der Waals surface area (Å²) >= 11 is 0. The number of halogens is 1. The van der Waals surface area contributed by atoms with E-state index in [1.165, 1.54) is 30.3 Å². The number of fused-ring (bicyclic) bond motifs is 1. The normalized spacial score (nSPS) is 14.0. The molecule has 3 rings (SSSR count). The van der Waals surface area contributed by atoms with E-state index in [-0.39, 0.29) is 17.9 Å². The van der Waals surface area contributed by atoms with E-state index in [1.54, 1.807) is 13.0 Å². The van der Waals surface area contributed by atoms with Gasteiger partial charge in [0.25, 0.3) is 0 Å². The first-order valence-corrected chi connectivity index (χ1v) is 7.76. The van der Waals surface area contributed by atoms with Gasteiger partial charge in [-0.05, 0) is 48.4 Å². The van der Waals surface area contributed by atoms with Gasteiger partial charge in [-0.15, -0.1) is 0 Å². The van der Waals surface area contributed by atoms with Crippen LogP contribution in [0.15, 0.2) is 60.2 Å². The SMILES string of the molecule is CCOC(=O)/C=C1/C(C(=O)Oc2ccc(F)cc2)=Cc2ccccc21. The van der Waals surface area contributed by atoms with Crippen LogP contribution in [0, 0.1) is 5.82 Å². The van der Waals surface area contributed by atoms with E-state index in [2.05, 4.69) is 0 Å². The Morgan fingerprint density at radius 1 is 1.08 bits per heavy atom. The fourth-order valence-electron chi connectivity index (χ4n) is 2.54. The molecule has 0 unspecified atom stereocenters. The molecule has 0 bridgehead atoms. The van der Waals surface area contributed by atoms with Crippen molar-refractivity contribution in [2.75, 3.05) is 6.61 Å². The van der Waals surface area contributed by atoms with Crippen molar-refractivity contribution in [3.63, 3.8) is 0 Å². The van der Waals surface area contributed by atoms with E-state index in [4.69, 9.17) is 9.47 Å². The molecule has 0 fully saturated rings. The Bertz CT molecular complexity index is 879. The van der Waals surface area contributed by atoms with Crippen molar-refractivity contribution in [1.82, 2.24) is 0 Å². The zero-order valence-corrected chi connectivity index (χ0v) is 13.5. The largest absolute Gasteiger partial charge is 0.463 e. The molecular weight excluding hydrogens is 323 g/mol. The smallest absolute Gasteiger partial charge is 0.344 e. The quantitative estimate of drug-likeness (QED) is 0.484. The molecule has 126 valence electrons.